The van der Waals surface area contributed by atoms with E-state index in [0.717, 1.165) is 49.9 Å². The van der Waals surface area contributed by atoms with E-state index in [2.05, 4.69) is 24.4 Å². The number of likely N-dealkylation sites (N-methyl/N-ethyl adjacent to an activating group) is 1. The second-order valence-corrected chi connectivity index (χ2v) is 9.09. The highest BCUT2D eigenvalue weighted by molar-refractivity contribution is 7.80. The topological polar surface area (TPSA) is 78.9 Å². The zero-order valence-corrected chi connectivity index (χ0v) is 19.3. The number of fused-ring (bicyclic) bond motifs is 2. The summed E-state index contributed by atoms with van der Waals surface area (Å²) in [4.78, 5) is 25.7. The number of thiocarbonyl (C=S) groups is 1. The molecule has 2 fully saturated rings. The van der Waals surface area contributed by atoms with Crippen LogP contribution in [-0.4, -0.2) is 59.2 Å². The molecule has 2 N–H and O–H groups in total. The van der Waals surface area contributed by atoms with Gasteiger partial charge in [0.15, 0.2) is 0 Å². The van der Waals surface area contributed by atoms with Crippen LogP contribution in [0.15, 0.2) is 12.2 Å². The number of nitrogens with zero attached hydrogens (tertiary/aromatic N) is 1. The van der Waals surface area contributed by atoms with Crippen molar-refractivity contribution in [2.75, 3.05) is 20.1 Å². The number of aliphatic carboxylic acids is 1. The lowest BCUT2D eigenvalue weighted by molar-refractivity contribution is -0.137. The number of hydrogen-bond donors (Lipinski definition) is 2. The number of nitrogens with one attached hydrogen (secondary N) is 1. The SMILES string of the molecule is CCCCCC(=S)N(C)CC(=O)NC[C@H]1[C@@H](C/C=C\CCCC(=O)O)[C@H]2CC[C@@H]1O2. The van der Waals surface area contributed by atoms with E-state index >= 15 is 0 Å². The summed E-state index contributed by atoms with van der Waals surface area (Å²) < 4.78 is 6.12. The fraction of sp³-hybridized carbons (Fsp3) is 0.783. The van der Waals surface area contributed by atoms with Gasteiger partial charge in [0.2, 0.25) is 5.91 Å². The smallest absolute Gasteiger partial charge is 0.303 e. The van der Waals surface area contributed by atoms with Crippen LogP contribution in [0.25, 0.3) is 0 Å². The molecule has 7 heteroatoms. The van der Waals surface area contributed by atoms with Crippen LogP contribution in [0.1, 0.15) is 71.1 Å². The molecule has 2 heterocycles. The number of allylic oxidation sites excluding steroid dienone is 2. The Hall–Kier alpha value is -1.47. The third-order valence-corrected chi connectivity index (χ3v) is 6.78. The fourth-order valence-corrected chi connectivity index (χ4v) is 4.74. The predicted octanol–water partition coefficient (Wildman–Crippen LogP) is 3.94. The Balaban J connectivity index is 1.73. The zero-order valence-electron chi connectivity index (χ0n) is 18.5. The van der Waals surface area contributed by atoms with Gasteiger partial charge in [-0.2, -0.15) is 0 Å². The van der Waals surface area contributed by atoms with Crippen molar-refractivity contribution in [2.45, 2.75) is 83.3 Å². The van der Waals surface area contributed by atoms with Crippen molar-refractivity contribution in [1.29, 1.82) is 0 Å². The number of rotatable bonds is 14. The van der Waals surface area contributed by atoms with Crippen LogP contribution in [0, 0.1) is 11.8 Å². The van der Waals surface area contributed by atoms with Crippen molar-refractivity contribution in [3.05, 3.63) is 12.2 Å². The Morgan fingerprint density at radius 1 is 1.13 bits per heavy atom. The Morgan fingerprint density at radius 3 is 2.57 bits per heavy atom. The lowest BCUT2D eigenvalue weighted by Crippen LogP contribution is -2.42. The Bertz CT molecular complexity index is 610. The summed E-state index contributed by atoms with van der Waals surface area (Å²) in [5.74, 6) is 0.0416. The molecule has 2 rings (SSSR count). The minimum absolute atomic E-state index is 0.0149. The van der Waals surface area contributed by atoms with Crippen molar-refractivity contribution in [3.63, 3.8) is 0 Å². The molecule has 1 amide bonds. The number of carbonyl (C=O) groups is 2. The van der Waals surface area contributed by atoms with Crippen molar-refractivity contribution in [3.8, 4) is 0 Å². The normalized spacial score (nSPS) is 25.0. The van der Waals surface area contributed by atoms with E-state index in [-0.39, 0.29) is 24.5 Å². The monoisotopic (exact) mass is 438 g/mol. The van der Waals surface area contributed by atoms with Gasteiger partial charge < -0.3 is 20.1 Å². The number of carboxylic acid groups (broad SMARTS) is 1. The molecule has 6 nitrogen and oxygen atoms in total. The highest BCUT2D eigenvalue weighted by Gasteiger charge is 2.47. The van der Waals surface area contributed by atoms with E-state index in [1.807, 2.05) is 11.9 Å². The number of unbranched alkanes of at least 4 members (excludes halogenated alkanes) is 3. The van der Waals surface area contributed by atoms with Crippen LogP contribution in [-0.2, 0) is 14.3 Å². The molecular weight excluding hydrogens is 400 g/mol. The highest BCUT2D eigenvalue weighted by Crippen LogP contribution is 2.44. The minimum atomic E-state index is -0.743. The standard InChI is InChI=1S/C23H38N2O4S/c1-3-4-7-11-22(30)25(2)16-21(26)24-15-18-17(19-13-14-20(18)29-19)10-8-5-6-9-12-23(27)28/h5,8,17-20H,3-4,6-7,9-16H2,1-2H3,(H,24,26)(H,27,28)/b8-5-/t17-,18+,19-,20+/m1/s1. The second kappa shape index (κ2) is 13.1. The third kappa shape index (κ3) is 7.99. The van der Waals surface area contributed by atoms with Gasteiger partial charge in [-0.1, -0.05) is 44.1 Å². The molecule has 0 aliphatic carbocycles. The van der Waals surface area contributed by atoms with Crippen LogP contribution in [0.5, 0.6) is 0 Å². The van der Waals surface area contributed by atoms with Crippen molar-refractivity contribution in [1.82, 2.24) is 10.2 Å². The summed E-state index contributed by atoms with van der Waals surface area (Å²) in [7, 11) is 1.90. The van der Waals surface area contributed by atoms with Crippen molar-refractivity contribution >= 4 is 29.1 Å². The molecule has 2 bridgehead atoms. The number of amides is 1. The number of carboxylic acids is 1. The van der Waals surface area contributed by atoms with Gasteiger partial charge >= 0.3 is 5.97 Å². The summed E-state index contributed by atoms with van der Waals surface area (Å²) >= 11 is 5.44. The molecule has 4 atom stereocenters. The first-order valence-corrected chi connectivity index (χ1v) is 11.9. The molecule has 0 aromatic carbocycles. The van der Waals surface area contributed by atoms with Gasteiger partial charge in [0.05, 0.1) is 23.7 Å². The largest absolute Gasteiger partial charge is 0.481 e. The molecule has 0 aromatic heterocycles. The molecule has 0 radical (unpaired) electrons. The first-order valence-electron chi connectivity index (χ1n) is 11.4. The van der Waals surface area contributed by atoms with Gasteiger partial charge in [0.1, 0.15) is 0 Å². The summed E-state index contributed by atoms with van der Waals surface area (Å²) in [5.41, 5.74) is 0. The Kier molecular flexibility index (Phi) is 10.8. The van der Waals surface area contributed by atoms with E-state index in [1.54, 1.807) is 0 Å². The lowest BCUT2D eigenvalue weighted by atomic mass is 9.77. The predicted molar refractivity (Wildman–Crippen MR) is 122 cm³/mol. The van der Waals surface area contributed by atoms with Gasteiger partial charge in [-0.05, 0) is 50.9 Å². The van der Waals surface area contributed by atoms with Crippen LogP contribution >= 0.6 is 12.2 Å². The van der Waals surface area contributed by atoms with Crippen LogP contribution in [0.4, 0.5) is 0 Å². The molecule has 170 valence electrons. The zero-order chi connectivity index (χ0) is 21.9. The molecule has 0 spiro atoms. The molecule has 30 heavy (non-hydrogen) atoms. The molecule has 0 aromatic rings. The van der Waals surface area contributed by atoms with Crippen LogP contribution in [0.2, 0.25) is 0 Å². The summed E-state index contributed by atoms with van der Waals surface area (Å²) in [6, 6.07) is 0. The number of ether oxygens (including phenoxy) is 1. The quantitative estimate of drug-likeness (QED) is 0.243. The van der Waals surface area contributed by atoms with Crippen molar-refractivity contribution < 1.29 is 19.4 Å². The maximum absolute atomic E-state index is 12.4. The Labute approximate surface area is 186 Å². The molecule has 2 saturated heterocycles. The average Bonchev–Trinajstić information content (AvgIpc) is 3.30. The van der Waals surface area contributed by atoms with Crippen molar-refractivity contribution in [2.24, 2.45) is 11.8 Å². The molecule has 0 unspecified atom stereocenters. The fourth-order valence-electron chi connectivity index (χ4n) is 4.53. The average molecular weight is 439 g/mol. The van der Waals surface area contributed by atoms with Gasteiger partial charge in [-0.3, -0.25) is 9.59 Å². The molecule has 2 aliphatic heterocycles. The van der Waals surface area contributed by atoms with Gasteiger partial charge in [-0.15, -0.1) is 0 Å². The summed E-state index contributed by atoms with van der Waals surface area (Å²) in [5, 5.41) is 11.8. The van der Waals surface area contributed by atoms with E-state index < -0.39 is 5.97 Å². The van der Waals surface area contributed by atoms with E-state index in [1.165, 1.54) is 6.42 Å². The molecule has 0 saturated carbocycles. The number of hydrogen-bond acceptors (Lipinski definition) is 4. The van der Waals surface area contributed by atoms with Crippen LogP contribution in [0.3, 0.4) is 0 Å². The first-order chi connectivity index (χ1) is 14.4. The lowest BCUT2D eigenvalue weighted by Gasteiger charge is -2.28. The van der Waals surface area contributed by atoms with E-state index in [4.69, 9.17) is 22.1 Å². The van der Waals surface area contributed by atoms with E-state index in [9.17, 15) is 9.59 Å². The van der Waals surface area contributed by atoms with Crippen LogP contribution < -0.4 is 5.32 Å². The maximum Gasteiger partial charge on any atom is 0.303 e. The summed E-state index contributed by atoms with van der Waals surface area (Å²) in [6.45, 7) is 3.12. The highest BCUT2D eigenvalue weighted by atomic mass is 32.1. The Morgan fingerprint density at radius 2 is 1.87 bits per heavy atom. The second-order valence-electron chi connectivity index (χ2n) is 8.62. The minimum Gasteiger partial charge on any atom is -0.481 e. The first kappa shape index (κ1) is 24.8. The van der Waals surface area contributed by atoms with Gasteiger partial charge in [0, 0.05) is 25.9 Å². The van der Waals surface area contributed by atoms with Gasteiger partial charge in [0.25, 0.3) is 0 Å². The maximum atomic E-state index is 12.4. The van der Waals surface area contributed by atoms with Gasteiger partial charge in [-0.25, -0.2) is 0 Å². The third-order valence-electron chi connectivity index (χ3n) is 6.26. The number of carbonyl (C=O) groups excluding carboxylic acids is 1. The summed E-state index contributed by atoms with van der Waals surface area (Å²) in [6.07, 6.45) is 13.8. The molecule has 2 aliphatic rings. The molecular formula is C23H38N2O4S. The van der Waals surface area contributed by atoms with E-state index in [0.29, 0.717) is 31.3 Å².